The molecule has 186 valence electrons. The second-order valence-corrected chi connectivity index (χ2v) is 9.76. The zero-order valence-corrected chi connectivity index (χ0v) is 21.2. The Morgan fingerprint density at radius 1 is 0.886 bits per heavy atom. The van der Waals surface area contributed by atoms with E-state index in [2.05, 4.69) is 38.0 Å². The summed E-state index contributed by atoms with van der Waals surface area (Å²) in [4.78, 5) is 32.6. The molecule has 6 nitrogen and oxygen atoms in total. The van der Waals surface area contributed by atoms with E-state index in [4.69, 9.17) is 4.42 Å². The number of rotatable bonds is 12. The van der Waals surface area contributed by atoms with Crippen LogP contribution in [0, 0.1) is 11.8 Å². The van der Waals surface area contributed by atoms with Crippen LogP contribution in [0.4, 0.5) is 0 Å². The van der Waals surface area contributed by atoms with Crippen LogP contribution in [-0.2, 0) is 11.3 Å². The highest BCUT2D eigenvalue weighted by atomic mass is 16.3. The molecule has 0 aliphatic carbocycles. The van der Waals surface area contributed by atoms with E-state index in [1.165, 1.54) is 6.26 Å². The van der Waals surface area contributed by atoms with Crippen LogP contribution in [0.3, 0.4) is 0 Å². The third-order valence-electron chi connectivity index (χ3n) is 5.92. The maximum Gasteiger partial charge on any atom is 0.273 e. The fourth-order valence-corrected chi connectivity index (χ4v) is 3.85. The molecule has 0 saturated carbocycles. The number of carbonyl (C=O) groups excluding carboxylic acids is 2. The smallest absolute Gasteiger partial charge is 0.273 e. The zero-order valence-electron chi connectivity index (χ0n) is 21.2. The maximum atomic E-state index is 14.0. The topological polar surface area (TPSA) is 75.4 Å². The lowest BCUT2D eigenvalue weighted by Gasteiger charge is -2.28. The van der Waals surface area contributed by atoms with Gasteiger partial charge in [-0.05, 0) is 35.8 Å². The number of carbonyl (C=O) groups is 2. The molecule has 0 atom stereocenters. The van der Waals surface area contributed by atoms with Crippen molar-refractivity contribution in [3.63, 3.8) is 0 Å². The van der Waals surface area contributed by atoms with Gasteiger partial charge in [-0.1, -0.05) is 88.4 Å². The number of amides is 2. The van der Waals surface area contributed by atoms with Crippen LogP contribution in [-0.4, -0.2) is 34.8 Å². The molecule has 2 amide bonds. The van der Waals surface area contributed by atoms with Gasteiger partial charge in [-0.25, -0.2) is 4.98 Å². The number of hydrogen-bond donors (Lipinski definition) is 1. The maximum absolute atomic E-state index is 14.0. The van der Waals surface area contributed by atoms with Gasteiger partial charge in [-0.2, -0.15) is 0 Å². The molecule has 0 radical (unpaired) electrons. The van der Waals surface area contributed by atoms with E-state index in [1.54, 1.807) is 4.90 Å². The van der Waals surface area contributed by atoms with Gasteiger partial charge >= 0.3 is 0 Å². The molecular weight excluding hydrogens is 438 g/mol. The minimum Gasteiger partial charge on any atom is -0.446 e. The largest absolute Gasteiger partial charge is 0.446 e. The molecule has 0 unspecified atom stereocenters. The van der Waals surface area contributed by atoms with Gasteiger partial charge in [0.1, 0.15) is 6.26 Å². The molecule has 0 saturated heterocycles. The molecule has 3 aromatic rings. The molecule has 0 aliphatic rings. The number of aromatic nitrogens is 1. The predicted octanol–water partition coefficient (Wildman–Crippen LogP) is 5.66. The summed E-state index contributed by atoms with van der Waals surface area (Å²) >= 11 is 0. The summed E-state index contributed by atoms with van der Waals surface area (Å²) < 4.78 is 5.63. The van der Waals surface area contributed by atoms with Crippen molar-refractivity contribution < 1.29 is 14.0 Å². The number of nitrogens with zero attached hydrogens (tertiary/aromatic N) is 2. The highest BCUT2D eigenvalue weighted by Gasteiger charge is 2.29. The molecule has 0 fully saturated rings. The summed E-state index contributed by atoms with van der Waals surface area (Å²) in [5.41, 5.74) is 2.12. The molecule has 6 heteroatoms. The molecule has 0 aliphatic heterocycles. The van der Waals surface area contributed by atoms with Crippen molar-refractivity contribution in [3.05, 3.63) is 89.6 Å². The van der Waals surface area contributed by atoms with Crippen molar-refractivity contribution in [1.29, 1.82) is 0 Å². The van der Waals surface area contributed by atoms with Crippen LogP contribution in [0.2, 0.25) is 0 Å². The van der Waals surface area contributed by atoms with E-state index >= 15 is 0 Å². The van der Waals surface area contributed by atoms with E-state index in [1.807, 2.05) is 60.7 Å². The van der Waals surface area contributed by atoms with E-state index in [-0.39, 0.29) is 24.1 Å². The Kier molecular flexibility index (Phi) is 9.65. The Bertz CT molecular complexity index is 1020. The third-order valence-corrected chi connectivity index (χ3v) is 5.92. The van der Waals surface area contributed by atoms with Gasteiger partial charge in [0.15, 0.2) is 5.69 Å². The molecule has 1 N–H and O–H groups in total. The third kappa shape index (κ3) is 7.81. The number of nitrogens with one attached hydrogen (secondary N) is 1. The van der Waals surface area contributed by atoms with Crippen LogP contribution < -0.4 is 5.32 Å². The van der Waals surface area contributed by atoms with Crippen LogP contribution in [0.25, 0.3) is 0 Å². The average molecular weight is 476 g/mol. The highest BCUT2D eigenvalue weighted by molar-refractivity contribution is 5.92. The highest BCUT2D eigenvalue weighted by Crippen LogP contribution is 2.28. The van der Waals surface area contributed by atoms with Crippen molar-refractivity contribution in [2.75, 3.05) is 13.1 Å². The van der Waals surface area contributed by atoms with Gasteiger partial charge in [-0.3, -0.25) is 9.59 Å². The fraction of sp³-hybridized carbons (Fsp3) is 0.414. The first-order valence-electron chi connectivity index (χ1n) is 12.5. The molecule has 0 bridgehead atoms. The van der Waals surface area contributed by atoms with Crippen LogP contribution >= 0.6 is 0 Å². The van der Waals surface area contributed by atoms with Crippen LogP contribution in [0.5, 0.6) is 0 Å². The van der Waals surface area contributed by atoms with Crippen molar-refractivity contribution >= 4 is 11.8 Å². The first-order valence-corrected chi connectivity index (χ1v) is 12.5. The summed E-state index contributed by atoms with van der Waals surface area (Å²) in [6, 6.07) is 19.7. The number of benzene rings is 2. The summed E-state index contributed by atoms with van der Waals surface area (Å²) in [6.45, 7) is 9.88. The molecule has 1 aromatic heterocycles. The average Bonchev–Trinajstić information content (AvgIpc) is 3.31. The van der Waals surface area contributed by atoms with Crippen molar-refractivity contribution in [1.82, 2.24) is 15.2 Å². The van der Waals surface area contributed by atoms with Gasteiger partial charge in [0.05, 0.1) is 12.5 Å². The molecule has 2 aromatic carbocycles. The lowest BCUT2D eigenvalue weighted by molar-refractivity contribution is -0.133. The Morgan fingerprint density at radius 2 is 1.46 bits per heavy atom. The van der Waals surface area contributed by atoms with Gasteiger partial charge in [0.25, 0.3) is 5.91 Å². The van der Waals surface area contributed by atoms with E-state index < -0.39 is 5.92 Å². The number of hydrogen-bond acceptors (Lipinski definition) is 4. The minimum absolute atomic E-state index is 0.0100. The fourth-order valence-electron chi connectivity index (χ4n) is 3.85. The summed E-state index contributed by atoms with van der Waals surface area (Å²) in [5.74, 6) is 0.598. The molecule has 0 spiro atoms. The monoisotopic (exact) mass is 475 g/mol. The Balaban J connectivity index is 1.82. The zero-order chi connectivity index (χ0) is 25.2. The van der Waals surface area contributed by atoms with Crippen molar-refractivity contribution in [3.8, 4) is 0 Å². The summed E-state index contributed by atoms with van der Waals surface area (Å²) in [5, 5.41) is 2.88. The summed E-state index contributed by atoms with van der Waals surface area (Å²) in [6.07, 6.45) is 3.12. The van der Waals surface area contributed by atoms with E-state index in [0.717, 1.165) is 24.0 Å². The first kappa shape index (κ1) is 26.2. The quantitative estimate of drug-likeness (QED) is 0.367. The molecule has 35 heavy (non-hydrogen) atoms. The predicted molar refractivity (Wildman–Crippen MR) is 138 cm³/mol. The van der Waals surface area contributed by atoms with Gasteiger partial charge in [0, 0.05) is 13.1 Å². The lowest BCUT2D eigenvalue weighted by Crippen LogP contribution is -2.36. The van der Waals surface area contributed by atoms with Gasteiger partial charge < -0.3 is 14.6 Å². The SMILES string of the molecule is CC(C)CCNC(=O)c1coc(CN(CCC(C)C)C(=O)C(c2ccccc2)c2ccccc2)n1. The lowest BCUT2D eigenvalue weighted by atomic mass is 9.90. The molecular formula is C29H37N3O3. The summed E-state index contributed by atoms with van der Waals surface area (Å²) in [7, 11) is 0. The van der Waals surface area contributed by atoms with Crippen LogP contribution in [0.1, 0.15) is 74.0 Å². The van der Waals surface area contributed by atoms with Crippen LogP contribution in [0.15, 0.2) is 71.3 Å². The number of oxazole rings is 1. The first-order chi connectivity index (χ1) is 16.8. The van der Waals surface area contributed by atoms with Gasteiger partial charge in [0.2, 0.25) is 11.8 Å². The molecule has 1 heterocycles. The van der Waals surface area contributed by atoms with E-state index in [9.17, 15) is 9.59 Å². The van der Waals surface area contributed by atoms with E-state index in [0.29, 0.717) is 30.8 Å². The second kappa shape index (κ2) is 12.9. The van der Waals surface area contributed by atoms with Crippen molar-refractivity contribution in [2.45, 2.75) is 53.0 Å². The van der Waals surface area contributed by atoms with Crippen molar-refractivity contribution in [2.24, 2.45) is 11.8 Å². The minimum atomic E-state index is -0.432. The molecule has 3 rings (SSSR count). The normalized spacial score (nSPS) is 11.3. The Morgan fingerprint density at radius 3 is 2.00 bits per heavy atom. The van der Waals surface area contributed by atoms with Gasteiger partial charge in [-0.15, -0.1) is 0 Å². The second-order valence-electron chi connectivity index (χ2n) is 9.76. The Labute approximate surface area is 208 Å². The standard InChI is InChI=1S/C29H37N3O3/c1-21(2)15-17-30-28(33)25-20-35-26(31-25)19-32(18-16-22(3)4)29(34)27(23-11-7-5-8-12-23)24-13-9-6-10-14-24/h5-14,20-22,27H,15-19H2,1-4H3,(H,30,33). The Hall–Kier alpha value is -3.41.